The molecule has 0 aliphatic carbocycles. The fourth-order valence-corrected chi connectivity index (χ4v) is 3.91. The number of hydrogen-bond donors (Lipinski definition) is 1. The molecule has 1 aliphatic rings. The van der Waals surface area contributed by atoms with Gasteiger partial charge in [0.05, 0.1) is 6.54 Å². The third-order valence-electron chi connectivity index (χ3n) is 4.13. The smallest absolute Gasteiger partial charge is 0.238 e. The van der Waals surface area contributed by atoms with E-state index in [1.807, 2.05) is 6.07 Å². The van der Waals surface area contributed by atoms with Crippen LogP contribution in [-0.2, 0) is 4.79 Å². The van der Waals surface area contributed by atoms with Gasteiger partial charge in [-0.2, -0.15) is 0 Å². The van der Waals surface area contributed by atoms with Crippen LogP contribution < -0.4 is 5.32 Å². The highest BCUT2D eigenvalue weighted by Crippen LogP contribution is 2.34. The number of amides is 1. The van der Waals surface area contributed by atoms with Crippen LogP contribution in [0.2, 0.25) is 0 Å². The second kappa shape index (κ2) is 7.06. The lowest BCUT2D eigenvalue weighted by molar-refractivity contribution is -0.117. The zero-order valence-corrected chi connectivity index (χ0v) is 13.9. The number of carbonyl (C=O) groups excluding carboxylic acids is 2. The van der Waals surface area contributed by atoms with Gasteiger partial charge in [-0.1, -0.05) is 18.2 Å². The van der Waals surface area contributed by atoms with Crippen LogP contribution in [0.25, 0.3) is 0 Å². The number of thiophene rings is 1. The van der Waals surface area contributed by atoms with Crippen molar-refractivity contribution >= 4 is 28.7 Å². The Bertz CT molecular complexity index is 697. The van der Waals surface area contributed by atoms with Crippen LogP contribution in [0.5, 0.6) is 0 Å². The number of ketones is 1. The summed E-state index contributed by atoms with van der Waals surface area (Å²) >= 11 is 1.75. The maximum Gasteiger partial charge on any atom is 0.238 e. The van der Waals surface area contributed by atoms with Gasteiger partial charge in [0.2, 0.25) is 5.91 Å². The molecule has 1 aliphatic heterocycles. The number of likely N-dealkylation sites (tertiary alicyclic amines) is 1. The van der Waals surface area contributed by atoms with E-state index in [0.29, 0.717) is 23.8 Å². The molecule has 0 bridgehead atoms. The molecule has 3 rings (SSSR count). The van der Waals surface area contributed by atoms with E-state index in [0.717, 1.165) is 19.4 Å². The fourth-order valence-electron chi connectivity index (χ4n) is 3.02. The maximum absolute atomic E-state index is 12.3. The number of Topliss-reactive ketones (excluding diaryl/α,β-unsaturated/α-hetero) is 1. The van der Waals surface area contributed by atoms with Gasteiger partial charge < -0.3 is 5.32 Å². The minimum absolute atomic E-state index is 0.00148. The Morgan fingerprint density at radius 2 is 2.17 bits per heavy atom. The van der Waals surface area contributed by atoms with Gasteiger partial charge in [-0.25, -0.2) is 0 Å². The van der Waals surface area contributed by atoms with Crippen LogP contribution in [0.3, 0.4) is 0 Å². The number of anilines is 1. The van der Waals surface area contributed by atoms with Gasteiger partial charge in [0, 0.05) is 22.2 Å². The molecule has 4 nitrogen and oxygen atoms in total. The molecule has 1 amide bonds. The molecule has 2 heterocycles. The Labute approximate surface area is 140 Å². The Kier molecular flexibility index (Phi) is 4.88. The molecule has 1 fully saturated rings. The van der Waals surface area contributed by atoms with E-state index in [1.54, 1.807) is 29.5 Å². The highest BCUT2D eigenvalue weighted by atomic mass is 32.1. The normalized spacial score (nSPS) is 18.0. The monoisotopic (exact) mass is 328 g/mol. The number of nitrogens with one attached hydrogen (secondary N) is 1. The van der Waals surface area contributed by atoms with Crippen molar-refractivity contribution in [1.82, 2.24) is 4.90 Å². The van der Waals surface area contributed by atoms with Crippen molar-refractivity contribution in [3.8, 4) is 0 Å². The molecule has 0 saturated carbocycles. The summed E-state index contributed by atoms with van der Waals surface area (Å²) in [4.78, 5) is 27.3. The van der Waals surface area contributed by atoms with E-state index < -0.39 is 0 Å². The molecule has 0 unspecified atom stereocenters. The lowest BCUT2D eigenvalue weighted by atomic mass is 10.1. The van der Waals surface area contributed by atoms with Crippen molar-refractivity contribution in [3.63, 3.8) is 0 Å². The third kappa shape index (κ3) is 3.86. The Balaban J connectivity index is 1.63. The van der Waals surface area contributed by atoms with Crippen molar-refractivity contribution in [2.75, 3.05) is 18.4 Å². The predicted molar refractivity (Wildman–Crippen MR) is 92.9 cm³/mol. The van der Waals surface area contributed by atoms with Gasteiger partial charge >= 0.3 is 0 Å². The molecule has 1 N–H and O–H groups in total. The summed E-state index contributed by atoms with van der Waals surface area (Å²) in [5.74, 6) is -0.0347. The van der Waals surface area contributed by atoms with Gasteiger partial charge in [0.15, 0.2) is 5.78 Å². The van der Waals surface area contributed by atoms with E-state index in [2.05, 4.69) is 27.7 Å². The van der Waals surface area contributed by atoms with Crippen LogP contribution in [-0.4, -0.2) is 29.7 Å². The molecule has 1 atom stereocenters. The molecule has 120 valence electrons. The molecule has 1 aromatic heterocycles. The minimum atomic E-state index is -0.0332. The van der Waals surface area contributed by atoms with Crippen molar-refractivity contribution in [3.05, 3.63) is 52.2 Å². The van der Waals surface area contributed by atoms with Gasteiger partial charge in [-0.05, 0) is 49.9 Å². The Morgan fingerprint density at radius 1 is 1.30 bits per heavy atom. The lowest BCUT2D eigenvalue weighted by Crippen LogP contribution is -2.32. The molecular formula is C18H20N2O2S. The number of rotatable bonds is 5. The molecule has 1 aromatic carbocycles. The average Bonchev–Trinajstić information content (AvgIpc) is 3.18. The zero-order valence-electron chi connectivity index (χ0n) is 13.1. The Hall–Kier alpha value is -1.98. The van der Waals surface area contributed by atoms with Crippen molar-refractivity contribution in [2.24, 2.45) is 0 Å². The highest BCUT2D eigenvalue weighted by Gasteiger charge is 2.28. The summed E-state index contributed by atoms with van der Waals surface area (Å²) in [6.07, 6.45) is 2.23. The highest BCUT2D eigenvalue weighted by molar-refractivity contribution is 7.10. The van der Waals surface area contributed by atoms with Gasteiger partial charge in [-0.3, -0.25) is 14.5 Å². The first-order valence-electron chi connectivity index (χ1n) is 7.82. The number of benzene rings is 1. The van der Waals surface area contributed by atoms with Gasteiger partial charge in [0.1, 0.15) is 0 Å². The molecular weight excluding hydrogens is 308 g/mol. The Morgan fingerprint density at radius 3 is 2.91 bits per heavy atom. The molecule has 2 aromatic rings. The van der Waals surface area contributed by atoms with E-state index in [9.17, 15) is 9.59 Å². The summed E-state index contributed by atoms with van der Waals surface area (Å²) < 4.78 is 0. The first-order chi connectivity index (χ1) is 11.1. The first kappa shape index (κ1) is 15.9. The van der Waals surface area contributed by atoms with Gasteiger partial charge in [-0.15, -0.1) is 11.3 Å². The molecule has 5 heteroatoms. The molecule has 0 radical (unpaired) electrons. The average molecular weight is 328 g/mol. The van der Waals surface area contributed by atoms with Crippen LogP contribution in [0.4, 0.5) is 5.69 Å². The summed E-state index contributed by atoms with van der Waals surface area (Å²) in [5, 5.41) is 4.98. The topological polar surface area (TPSA) is 49.4 Å². The summed E-state index contributed by atoms with van der Waals surface area (Å²) in [6, 6.07) is 11.6. The van der Waals surface area contributed by atoms with Crippen molar-refractivity contribution in [1.29, 1.82) is 0 Å². The first-order valence-corrected chi connectivity index (χ1v) is 8.70. The quantitative estimate of drug-likeness (QED) is 0.851. The molecule has 23 heavy (non-hydrogen) atoms. The van der Waals surface area contributed by atoms with Crippen LogP contribution in [0.15, 0.2) is 41.8 Å². The third-order valence-corrected chi connectivity index (χ3v) is 5.11. The van der Waals surface area contributed by atoms with E-state index in [4.69, 9.17) is 0 Å². The minimum Gasteiger partial charge on any atom is -0.325 e. The molecule has 1 saturated heterocycles. The summed E-state index contributed by atoms with van der Waals surface area (Å²) in [6.45, 7) is 2.85. The predicted octanol–water partition coefficient (Wildman–Crippen LogP) is 3.73. The summed E-state index contributed by atoms with van der Waals surface area (Å²) in [5.41, 5.74) is 1.29. The van der Waals surface area contributed by atoms with E-state index in [-0.39, 0.29) is 11.7 Å². The number of carbonyl (C=O) groups is 2. The van der Waals surface area contributed by atoms with Crippen LogP contribution in [0, 0.1) is 0 Å². The van der Waals surface area contributed by atoms with Crippen LogP contribution in [0.1, 0.15) is 41.0 Å². The maximum atomic E-state index is 12.3. The van der Waals surface area contributed by atoms with E-state index >= 15 is 0 Å². The number of nitrogens with zero attached hydrogens (tertiary/aromatic N) is 1. The second-order valence-electron chi connectivity index (χ2n) is 5.83. The van der Waals surface area contributed by atoms with Crippen LogP contribution >= 0.6 is 11.3 Å². The summed E-state index contributed by atoms with van der Waals surface area (Å²) in [7, 11) is 0. The van der Waals surface area contributed by atoms with Crippen molar-refractivity contribution in [2.45, 2.75) is 25.8 Å². The lowest BCUT2D eigenvalue weighted by Gasteiger charge is -2.22. The standard InChI is InChI=1S/C18H20N2O2S/c1-13(21)14-5-2-6-15(11-14)19-18(22)12-20-9-3-7-16(20)17-8-4-10-23-17/h2,4-6,8,10-11,16H,3,7,9,12H2,1H3,(H,19,22)/t16-/m1/s1. The number of hydrogen-bond acceptors (Lipinski definition) is 4. The largest absolute Gasteiger partial charge is 0.325 e. The van der Waals surface area contributed by atoms with E-state index in [1.165, 1.54) is 11.8 Å². The fraction of sp³-hybridized carbons (Fsp3) is 0.333. The van der Waals surface area contributed by atoms with Gasteiger partial charge in [0.25, 0.3) is 0 Å². The molecule has 0 spiro atoms. The second-order valence-corrected chi connectivity index (χ2v) is 6.81. The zero-order chi connectivity index (χ0) is 16.2. The SMILES string of the molecule is CC(=O)c1cccc(NC(=O)CN2CCC[C@@H]2c2cccs2)c1. The van der Waals surface area contributed by atoms with Crippen molar-refractivity contribution < 1.29 is 9.59 Å².